The SMILES string of the molecule is C[C@H]1CC(=O)[C@H]2[C@H](CCC[C@H]2C)C1. The highest BCUT2D eigenvalue weighted by molar-refractivity contribution is 5.82. The third-order valence-corrected chi connectivity index (χ3v) is 3.98. The van der Waals surface area contributed by atoms with Gasteiger partial charge in [0.2, 0.25) is 0 Å². The first-order valence-corrected chi connectivity index (χ1v) is 5.71. The van der Waals surface area contributed by atoms with Crippen molar-refractivity contribution in [1.82, 2.24) is 0 Å². The Labute approximate surface area is 80.9 Å². The summed E-state index contributed by atoms with van der Waals surface area (Å²) in [7, 11) is 0. The third-order valence-electron chi connectivity index (χ3n) is 3.98. The summed E-state index contributed by atoms with van der Waals surface area (Å²) in [5.74, 6) is 3.05. The van der Waals surface area contributed by atoms with Gasteiger partial charge in [0.1, 0.15) is 5.78 Å². The van der Waals surface area contributed by atoms with Crippen LogP contribution in [0, 0.1) is 23.7 Å². The Hall–Kier alpha value is -0.330. The fraction of sp³-hybridized carbons (Fsp3) is 0.917. The molecule has 0 bridgehead atoms. The van der Waals surface area contributed by atoms with Crippen molar-refractivity contribution >= 4 is 5.78 Å². The number of ketones is 1. The number of rotatable bonds is 0. The topological polar surface area (TPSA) is 17.1 Å². The minimum Gasteiger partial charge on any atom is -0.299 e. The maximum absolute atomic E-state index is 11.8. The molecule has 0 radical (unpaired) electrons. The molecular formula is C12H20O. The van der Waals surface area contributed by atoms with Crippen LogP contribution in [-0.4, -0.2) is 5.78 Å². The molecule has 0 amide bonds. The maximum Gasteiger partial charge on any atom is 0.136 e. The van der Waals surface area contributed by atoms with E-state index in [4.69, 9.17) is 0 Å². The molecule has 2 fully saturated rings. The van der Waals surface area contributed by atoms with Gasteiger partial charge in [0.05, 0.1) is 0 Å². The number of hydrogen-bond acceptors (Lipinski definition) is 1. The van der Waals surface area contributed by atoms with E-state index >= 15 is 0 Å². The van der Waals surface area contributed by atoms with Gasteiger partial charge in [-0.2, -0.15) is 0 Å². The van der Waals surface area contributed by atoms with Crippen LogP contribution in [0.15, 0.2) is 0 Å². The second-order valence-electron chi connectivity index (χ2n) is 5.21. The average molecular weight is 180 g/mol. The normalized spacial score (nSPS) is 45.8. The number of Topliss-reactive ketones (excluding diaryl/α,β-unsaturated/α-hetero) is 1. The molecule has 0 aliphatic heterocycles. The van der Waals surface area contributed by atoms with E-state index < -0.39 is 0 Å². The number of fused-ring (bicyclic) bond motifs is 1. The fourth-order valence-corrected chi connectivity index (χ4v) is 3.45. The summed E-state index contributed by atoms with van der Waals surface area (Å²) in [5.41, 5.74) is 0. The molecule has 1 heteroatoms. The Morgan fingerprint density at radius 3 is 2.77 bits per heavy atom. The van der Waals surface area contributed by atoms with E-state index in [9.17, 15) is 4.79 Å². The summed E-state index contributed by atoms with van der Waals surface area (Å²) in [6.45, 7) is 4.50. The van der Waals surface area contributed by atoms with Gasteiger partial charge in [-0.3, -0.25) is 4.79 Å². The Kier molecular flexibility index (Phi) is 2.44. The molecule has 2 saturated carbocycles. The van der Waals surface area contributed by atoms with Crippen LogP contribution in [0.2, 0.25) is 0 Å². The average Bonchev–Trinajstić information content (AvgIpc) is 2.02. The van der Waals surface area contributed by atoms with E-state index in [-0.39, 0.29) is 0 Å². The minimum atomic E-state index is 0.435. The molecule has 4 atom stereocenters. The molecule has 2 rings (SSSR count). The lowest BCUT2D eigenvalue weighted by molar-refractivity contribution is -0.132. The van der Waals surface area contributed by atoms with Crippen molar-refractivity contribution in [3.63, 3.8) is 0 Å². The Morgan fingerprint density at radius 2 is 2.00 bits per heavy atom. The Morgan fingerprint density at radius 1 is 1.23 bits per heavy atom. The van der Waals surface area contributed by atoms with Crippen molar-refractivity contribution in [3.8, 4) is 0 Å². The summed E-state index contributed by atoms with van der Waals surface area (Å²) < 4.78 is 0. The molecule has 0 spiro atoms. The quantitative estimate of drug-likeness (QED) is 0.560. The van der Waals surface area contributed by atoms with Crippen molar-refractivity contribution < 1.29 is 4.79 Å². The van der Waals surface area contributed by atoms with Crippen molar-refractivity contribution in [2.24, 2.45) is 23.7 Å². The van der Waals surface area contributed by atoms with E-state index in [1.165, 1.54) is 25.7 Å². The third kappa shape index (κ3) is 1.66. The van der Waals surface area contributed by atoms with E-state index in [0.29, 0.717) is 23.5 Å². The lowest BCUT2D eigenvalue weighted by atomic mass is 9.63. The second kappa shape index (κ2) is 3.43. The zero-order valence-electron chi connectivity index (χ0n) is 8.75. The molecule has 2 aliphatic carbocycles. The molecule has 0 N–H and O–H groups in total. The van der Waals surface area contributed by atoms with Gasteiger partial charge in [-0.05, 0) is 30.6 Å². The molecule has 2 aliphatic rings. The summed E-state index contributed by atoms with van der Waals surface area (Å²) in [6.07, 6.45) is 6.10. The molecule has 74 valence electrons. The lowest BCUT2D eigenvalue weighted by Gasteiger charge is -2.40. The van der Waals surface area contributed by atoms with E-state index in [1.54, 1.807) is 0 Å². The summed E-state index contributed by atoms with van der Waals surface area (Å²) in [5, 5.41) is 0. The standard InChI is InChI=1S/C12H20O/c1-8-6-10-5-3-4-9(2)12(10)11(13)7-8/h8-10,12H,3-7H2,1-2H3/t8-,9-,10-,12-/m1/s1. The van der Waals surface area contributed by atoms with Crippen molar-refractivity contribution in [2.45, 2.75) is 46.0 Å². The van der Waals surface area contributed by atoms with Crippen LogP contribution in [0.3, 0.4) is 0 Å². The number of hydrogen-bond donors (Lipinski definition) is 0. The molecular weight excluding hydrogens is 160 g/mol. The fourth-order valence-electron chi connectivity index (χ4n) is 3.45. The van der Waals surface area contributed by atoms with Gasteiger partial charge in [0.15, 0.2) is 0 Å². The van der Waals surface area contributed by atoms with Gasteiger partial charge < -0.3 is 0 Å². The van der Waals surface area contributed by atoms with Crippen molar-refractivity contribution in [2.75, 3.05) is 0 Å². The smallest absolute Gasteiger partial charge is 0.136 e. The van der Waals surface area contributed by atoms with E-state index in [1.807, 2.05) is 0 Å². The first-order valence-electron chi connectivity index (χ1n) is 5.71. The van der Waals surface area contributed by atoms with E-state index in [0.717, 1.165) is 12.3 Å². The highest BCUT2D eigenvalue weighted by atomic mass is 16.1. The van der Waals surface area contributed by atoms with Gasteiger partial charge in [-0.1, -0.05) is 26.7 Å². The first kappa shape index (κ1) is 9.23. The summed E-state index contributed by atoms with van der Waals surface area (Å²) in [4.78, 5) is 11.8. The Bertz CT molecular complexity index is 209. The molecule has 0 unspecified atom stereocenters. The predicted octanol–water partition coefficient (Wildman–Crippen LogP) is 3.04. The van der Waals surface area contributed by atoms with Crippen LogP contribution in [0.4, 0.5) is 0 Å². The monoisotopic (exact) mass is 180 g/mol. The minimum absolute atomic E-state index is 0.435. The first-order chi connectivity index (χ1) is 6.18. The van der Waals surface area contributed by atoms with Crippen molar-refractivity contribution in [3.05, 3.63) is 0 Å². The lowest BCUT2D eigenvalue weighted by Crippen LogP contribution is -2.38. The van der Waals surface area contributed by atoms with Crippen LogP contribution >= 0.6 is 0 Å². The zero-order valence-corrected chi connectivity index (χ0v) is 8.75. The van der Waals surface area contributed by atoms with Crippen LogP contribution < -0.4 is 0 Å². The van der Waals surface area contributed by atoms with Crippen LogP contribution in [0.25, 0.3) is 0 Å². The maximum atomic E-state index is 11.8. The zero-order chi connectivity index (χ0) is 9.42. The largest absolute Gasteiger partial charge is 0.299 e. The van der Waals surface area contributed by atoms with Gasteiger partial charge >= 0.3 is 0 Å². The van der Waals surface area contributed by atoms with Gasteiger partial charge in [0, 0.05) is 12.3 Å². The van der Waals surface area contributed by atoms with Crippen LogP contribution in [0.5, 0.6) is 0 Å². The molecule has 0 aromatic rings. The number of carbonyl (C=O) groups is 1. The van der Waals surface area contributed by atoms with Gasteiger partial charge in [-0.15, -0.1) is 0 Å². The molecule has 13 heavy (non-hydrogen) atoms. The van der Waals surface area contributed by atoms with E-state index in [2.05, 4.69) is 13.8 Å². The highest BCUT2D eigenvalue weighted by Crippen LogP contribution is 2.43. The number of carbonyl (C=O) groups excluding carboxylic acids is 1. The molecule has 1 nitrogen and oxygen atoms in total. The predicted molar refractivity (Wildman–Crippen MR) is 53.4 cm³/mol. The molecule has 0 aromatic carbocycles. The van der Waals surface area contributed by atoms with Crippen LogP contribution in [-0.2, 0) is 4.79 Å². The molecule has 0 heterocycles. The second-order valence-corrected chi connectivity index (χ2v) is 5.21. The summed E-state index contributed by atoms with van der Waals surface area (Å²) in [6, 6.07) is 0. The van der Waals surface area contributed by atoms with Gasteiger partial charge in [-0.25, -0.2) is 0 Å². The highest BCUT2D eigenvalue weighted by Gasteiger charge is 2.39. The molecule has 0 saturated heterocycles. The summed E-state index contributed by atoms with van der Waals surface area (Å²) >= 11 is 0. The van der Waals surface area contributed by atoms with Crippen LogP contribution in [0.1, 0.15) is 46.0 Å². The van der Waals surface area contributed by atoms with Gasteiger partial charge in [0.25, 0.3) is 0 Å². The molecule has 0 aromatic heterocycles. The Balaban J connectivity index is 2.13. The van der Waals surface area contributed by atoms with Crippen molar-refractivity contribution in [1.29, 1.82) is 0 Å².